The lowest BCUT2D eigenvalue weighted by molar-refractivity contribution is -0.380. The number of H-pyrrole nitrogens is 1. The van der Waals surface area contributed by atoms with Crippen LogP contribution in [-0.2, 0) is 6.42 Å². The normalized spacial score (nSPS) is 16.1. The third-order valence-corrected chi connectivity index (χ3v) is 3.58. The molecular formula is C17H16NO2+. The van der Waals surface area contributed by atoms with Crippen LogP contribution in [0.4, 0.5) is 0 Å². The fourth-order valence-electron chi connectivity index (χ4n) is 2.50. The summed E-state index contributed by atoms with van der Waals surface area (Å²) >= 11 is 0. The van der Waals surface area contributed by atoms with E-state index in [1.54, 1.807) is 7.11 Å². The van der Waals surface area contributed by atoms with Gasteiger partial charge in [-0.2, -0.15) is 0 Å². The van der Waals surface area contributed by atoms with Crippen molar-refractivity contribution < 1.29 is 14.5 Å². The van der Waals surface area contributed by atoms with Gasteiger partial charge in [0.15, 0.2) is 12.0 Å². The highest BCUT2D eigenvalue weighted by Crippen LogP contribution is 2.28. The van der Waals surface area contributed by atoms with Crippen LogP contribution in [0.25, 0.3) is 6.08 Å². The van der Waals surface area contributed by atoms with Crippen molar-refractivity contribution in [3.05, 3.63) is 65.0 Å². The fraction of sp³-hybridized carbons (Fsp3) is 0.176. The molecule has 1 aromatic carbocycles. The Morgan fingerprint density at radius 2 is 2.10 bits per heavy atom. The molecule has 0 atom stereocenters. The van der Waals surface area contributed by atoms with Crippen LogP contribution in [0, 0.1) is 0 Å². The first-order valence-electron chi connectivity index (χ1n) is 6.67. The summed E-state index contributed by atoms with van der Waals surface area (Å²) in [6.07, 6.45) is 5.44. The Morgan fingerprint density at radius 1 is 1.20 bits per heavy atom. The molecule has 0 aliphatic heterocycles. The quantitative estimate of drug-likeness (QED) is 0.784. The minimum Gasteiger partial charge on any atom is -0.497 e. The first kappa shape index (κ1) is 12.6. The first-order chi connectivity index (χ1) is 9.78. The molecule has 0 saturated carbocycles. The molecule has 0 fully saturated rings. The van der Waals surface area contributed by atoms with E-state index in [-0.39, 0.29) is 5.78 Å². The molecular weight excluding hydrogens is 250 g/mol. The molecule has 1 aromatic heterocycles. The number of fused-ring (bicyclic) bond motifs is 1. The standard InChI is InChI=1S/C17H15NO2/c1-20-15-7-8-16-12(11-15)5-6-13(17(16)19)10-14-4-2-3-9-18-14/h2-4,7-11H,5-6H2,1H3/p+1. The number of benzene rings is 1. The maximum absolute atomic E-state index is 12.5. The topological polar surface area (TPSA) is 40.4 Å². The van der Waals surface area contributed by atoms with E-state index in [1.165, 1.54) is 0 Å². The highest BCUT2D eigenvalue weighted by molar-refractivity contribution is 6.13. The number of rotatable bonds is 2. The summed E-state index contributed by atoms with van der Waals surface area (Å²) in [4.78, 5) is 15.6. The Hall–Kier alpha value is -2.42. The zero-order chi connectivity index (χ0) is 13.9. The molecule has 3 heteroatoms. The van der Waals surface area contributed by atoms with E-state index in [1.807, 2.05) is 48.7 Å². The summed E-state index contributed by atoms with van der Waals surface area (Å²) in [5, 5.41) is 0. The van der Waals surface area contributed by atoms with Crippen LogP contribution in [0.15, 0.2) is 48.2 Å². The number of aryl methyl sites for hydroxylation is 1. The van der Waals surface area contributed by atoms with Gasteiger partial charge in [0, 0.05) is 29.3 Å². The summed E-state index contributed by atoms with van der Waals surface area (Å²) < 4.78 is 5.21. The number of Topliss-reactive ketones (excluding diaryl/α,β-unsaturated/α-hetero) is 1. The van der Waals surface area contributed by atoms with E-state index in [2.05, 4.69) is 4.98 Å². The molecule has 0 bridgehead atoms. The Labute approximate surface area is 117 Å². The maximum atomic E-state index is 12.5. The fourth-order valence-corrected chi connectivity index (χ4v) is 2.50. The van der Waals surface area contributed by atoms with Crippen LogP contribution >= 0.6 is 0 Å². The first-order valence-corrected chi connectivity index (χ1v) is 6.67. The minimum absolute atomic E-state index is 0.117. The van der Waals surface area contributed by atoms with E-state index < -0.39 is 0 Å². The number of hydrogen-bond acceptors (Lipinski definition) is 2. The molecule has 0 spiro atoms. The number of ether oxygens (including phenoxy) is 1. The number of methoxy groups -OCH3 is 1. The van der Waals surface area contributed by atoms with Crippen LogP contribution in [0.1, 0.15) is 28.0 Å². The predicted octanol–water partition coefficient (Wildman–Crippen LogP) is 2.72. The second-order valence-electron chi connectivity index (χ2n) is 4.84. The van der Waals surface area contributed by atoms with Crippen LogP contribution in [0.2, 0.25) is 0 Å². The van der Waals surface area contributed by atoms with Gasteiger partial charge in [0.25, 0.3) is 0 Å². The van der Waals surface area contributed by atoms with Crippen molar-refractivity contribution in [1.29, 1.82) is 0 Å². The molecule has 1 aliphatic carbocycles. The number of hydrogen-bond donors (Lipinski definition) is 0. The van der Waals surface area contributed by atoms with Crippen molar-refractivity contribution in [1.82, 2.24) is 0 Å². The van der Waals surface area contributed by atoms with Crippen molar-refractivity contribution in [3.63, 3.8) is 0 Å². The number of ketones is 1. The predicted molar refractivity (Wildman–Crippen MR) is 76.6 cm³/mol. The molecule has 2 aromatic rings. The average molecular weight is 266 g/mol. The van der Waals surface area contributed by atoms with Crippen molar-refractivity contribution >= 4 is 11.9 Å². The molecule has 0 radical (unpaired) electrons. The number of aromatic nitrogens is 1. The van der Waals surface area contributed by atoms with Gasteiger partial charge >= 0.3 is 0 Å². The van der Waals surface area contributed by atoms with Gasteiger partial charge in [-0.25, -0.2) is 4.98 Å². The number of pyridine rings is 1. The van der Waals surface area contributed by atoms with Gasteiger partial charge in [0.1, 0.15) is 5.75 Å². The van der Waals surface area contributed by atoms with Crippen molar-refractivity contribution in [3.8, 4) is 5.75 Å². The van der Waals surface area contributed by atoms with Crippen molar-refractivity contribution in [2.24, 2.45) is 0 Å². The summed E-state index contributed by atoms with van der Waals surface area (Å²) in [7, 11) is 1.64. The Bertz CT molecular complexity index is 675. The smallest absolute Gasteiger partial charge is 0.203 e. The third kappa shape index (κ3) is 2.35. The molecule has 1 heterocycles. The second kappa shape index (κ2) is 5.29. The maximum Gasteiger partial charge on any atom is 0.203 e. The zero-order valence-corrected chi connectivity index (χ0v) is 11.3. The van der Waals surface area contributed by atoms with E-state index in [0.29, 0.717) is 0 Å². The van der Waals surface area contributed by atoms with Gasteiger partial charge in [-0.1, -0.05) is 0 Å². The highest BCUT2D eigenvalue weighted by Gasteiger charge is 2.22. The monoisotopic (exact) mass is 266 g/mol. The Kier molecular flexibility index (Phi) is 3.33. The summed E-state index contributed by atoms with van der Waals surface area (Å²) in [6, 6.07) is 11.5. The van der Waals surface area contributed by atoms with Crippen LogP contribution in [0.5, 0.6) is 5.75 Å². The number of allylic oxidation sites excluding steroid dienone is 1. The second-order valence-corrected chi connectivity index (χ2v) is 4.84. The van der Waals surface area contributed by atoms with Crippen LogP contribution in [-0.4, -0.2) is 12.9 Å². The Morgan fingerprint density at radius 3 is 2.85 bits per heavy atom. The lowest BCUT2D eigenvalue weighted by Crippen LogP contribution is -2.15. The molecule has 0 amide bonds. The molecule has 3 rings (SSSR count). The summed E-state index contributed by atoms with van der Waals surface area (Å²) in [5.41, 5.74) is 3.67. The molecule has 3 nitrogen and oxygen atoms in total. The third-order valence-electron chi connectivity index (χ3n) is 3.58. The lowest BCUT2D eigenvalue weighted by Gasteiger charge is -2.17. The van der Waals surface area contributed by atoms with Gasteiger partial charge in [0.05, 0.1) is 7.11 Å². The number of aromatic amines is 1. The SMILES string of the molecule is COc1ccc2c(c1)CCC(=Cc1cccc[nH+]1)C2=O. The molecule has 20 heavy (non-hydrogen) atoms. The van der Waals surface area contributed by atoms with E-state index >= 15 is 0 Å². The molecule has 1 aliphatic rings. The lowest BCUT2D eigenvalue weighted by atomic mass is 9.86. The van der Waals surface area contributed by atoms with Crippen LogP contribution in [0.3, 0.4) is 0 Å². The molecule has 100 valence electrons. The van der Waals surface area contributed by atoms with E-state index in [9.17, 15) is 4.79 Å². The van der Waals surface area contributed by atoms with E-state index in [0.717, 1.165) is 41.0 Å². The van der Waals surface area contributed by atoms with Crippen molar-refractivity contribution in [2.75, 3.05) is 7.11 Å². The molecule has 0 unspecified atom stereocenters. The van der Waals surface area contributed by atoms with Crippen LogP contribution < -0.4 is 9.72 Å². The highest BCUT2D eigenvalue weighted by atomic mass is 16.5. The average Bonchev–Trinajstić information content (AvgIpc) is 2.51. The number of carbonyl (C=O) groups excluding carboxylic acids is 1. The molecule has 1 N–H and O–H groups in total. The minimum atomic E-state index is 0.117. The Balaban J connectivity index is 1.95. The van der Waals surface area contributed by atoms with Gasteiger partial charge < -0.3 is 4.74 Å². The van der Waals surface area contributed by atoms with Gasteiger partial charge in [-0.3, -0.25) is 4.79 Å². The number of nitrogens with one attached hydrogen (secondary N) is 1. The number of carbonyl (C=O) groups is 1. The zero-order valence-electron chi connectivity index (χ0n) is 11.3. The van der Waals surface area contributed by atoms with Crippen molar-refractivity contribution in [2.45, 2.75) is 12.8 Å². The largest absolute Gasteiger partial charge is 0.497 e. The van der Waals surface area contributed by atoms with Gasteiger partial charge in [0.2, 0.25) is 5.69 Å². The summed E-state index contributed by atoms with van der Waals surface area (Å²) in [5.74, 6) is 0.923. The summed E-state index contributed by atoms with van der Waals surface area (Å²) in [6.45, 7) is 0. The van der Waals surface area contributed by atoms with Gasteiger partial charge in [-0.15, -0.1) is 0 Å². The van der Waals surface area contributed by atoms with E-state index in [4.69, 9.17) is 4.74 Å². The molecule has 0 saturated heterocycles. The van der Waals surface area contributed by atoms with Gasteiger partial charge in [-0.05, 0) is 42.7 Å².